The predicted octanol–water partition coefficient (Wildman–Crippen LogP) is 3.12. The monoisotopic (exact) mass is 247 g/mol. The smallest absolute Gasteiger partial charge is 0.128 e. The lowest BCUT2D eigenvalue weighted by Crippen LogP contribution is -2.28. The summed E-state index contributed by atoms with van der Waals surface area (Å²) in [5.74, 6) is 1.86. The molecule has 3 nitrogen and oxygen atoms in total. The van der Waals surface area contributed by atoms with Gasteiger partial charge in [-0.15, -0.1) is 0 Å². The fourth-order valence-electron chi connectivity index (χ4n) is 2.10. The van der Waals surface area contributed by atoms with Crippen LogP contribution in [0.5, 0.6) is 0 Å². The average Bonchev–Trinajstić information content (AvgIpc) is 3.14. The molecule has 0 unspecified atom stereocenters. The number of nitrogens with zero attached hydrogens (tertiary/aromatic N) is 2. The molecular weight excluding hydrogens is 222 g/mol. The van der Waals surface area contributed by atoms with Crippen molar-refractivity contribution in [2.24, 2.45) is 11.7 Å². The van der Waals surface area contributed by atoms with Crippen LogP contribution in [0, 0.1) is 5.92 Å². The van der Waals surface area contributed by atoms with Gasteiger partial charge in [-0.1, -0.05) is 19.9 Å². The molecule has 100 valence electrons. The Labute approximate surface area is 110 Å². The van der Waals surface area contributed by atoms with Crippen molar-refractivity contribution in [3.8, 4) is 0 Å². The number of hydrogen-bond acceptors (Lipinski definition) is 3. The summed E-state index contributed by atoms with van der Waals surface area (Å²) in [7, 11) is 0. The Bertz CT molecular complexity index is 366. The molecule has 1 aromatic heterocycles. The second-order valence-corrected chi connectivity index (χ2v) is 5.85. The molecule has 2 N–H and O–H groups in total. The third-order valence-corrected chi connectivity index (χ3v) is 3.53. The van der Waals surface area contributed by atoms with Crippen molar-refractivity contribution >= 4 is 5.82 Å². The van der Waals surface area contributed by atoms with E-state index in [4.69, 9.17) is 5.73 Å². The molecule has 3 heteroatoms. The molecule has 1 aliphatic carbocycles. The zero-order chi connectivity index (χ0) is 13.1. The highest BCUT2D eigenvalue weighted by Crippen LogP contribution is 2.31. The van der Waals surface area contributed by atoms with Crippen molar-refractivity contribution in [2.45, 2.75) is 52.1 Å². The van der Waals surface area contributed by atoms with Crippen molar-refractivity contribution < 1.29 is 0 Å². The number of anilines is 1. The molecule has 1 aliphatic rings. The lowest BCUT2D eigenvalue weighted by atomic mass is 10.1. The van der Waals surface area contributed by atoms with E-state index in [0.717, 1.165) is 29.9 Å². The fraction of sp³-hybridized carbons (Fsp3) is 0.667. The summed E-state index contributed by atoms with van der Waals surface area (Å²) in [4.78, 5) is 7.05. The zero-order valence-electron chi connectivity index (χ0n) is 11.8. The molecule has 0 bridgehead atoms. The Kier molecular flexibility index (Phi) is 4.23. The Hall–Kier alpha value is -1.09. The van der Waals surface area contributed by atoms with Crippen LogP contribution in [-0.2, 0) is 0 Å². The van der Waals surface area contributed by atoms with Gasteiger partial charge in [0.1, 0.15) is 5.82 Å². The minimum absolute atomic E-state index is 0.0663. The molecule has 0 radical (unpaired) electrons. The Morgan fingerprint density at radius 3 is 2.50 bits per heavy atom. The predicted molar refractivity (Wildman–Crippen MR) is 76.7 cm³/mol. The lowest BCUT2D eigenvalue weighted by Gasteiger charge is -2.24. The summed E-state index contributed by atoms with van der Waals surface area (Å²) < 4.78 is 0. The van der Waals surface area contributed by atoms with Gasteiger partial charge < -0.3 is 10.6 Å². The Morgan fingerprint density at radius 2 is 2.06 bits per heavy atom. The van der Waals surface area contributed by atoms with E-state index in [-0.39, 0.29) is 6.04 Å². The standard InChI is InChI=1S/C15H25N3/c1-11(2)8-9-18(14-5-6-14)15-7-4-13(10-17-15)12(3)16/h4,7,10-12,14H,5-6,8-9,16H2,1-3H3/t12-/m0/s1. The summed E-state index contributed by atoms with van der Waals surface area (Å²) >= 11 is 0. The molecule has 2 rings (SSSR count). The average molecular weight is 247 g/mol. The summed E-state index contributed by atoms with van der Waals surface area (Å²) in [6, 6.07) is 5.02. The molecule has 1 aromatic rings. The quantitative estimate of drug-likeness (QED) is 0.840. The van der Waals surface area contributed by atoms with Crippen LogP contribution in [0.25, 0.3) is 0 Å². The van der Waals surface area contributed by atoms with Crippen molar-refractivity contribution in [1.29, 1.82) is 0 Å². The second kappa shape index (κ2) is 5.70. The van der Waals surface area contributed by atoms with Crippen LogP contribution in [0.4, 0.5) is 5.82 Å². The van der Waals surface area contributed by atoms with E-state index in [2.05, 4.69) is 35.9 Å². The third kappa shape index (κ3) is 3.45. The number of aromatic nitrogens is 1. The van der Waals surface area contributed by atoms with E-state index in [0.29, 0.717) is 0 Å². The van der Waals surface area contributed by atoms with Gasteiger partial charge >= 0.3 is 0 Å². The molecule has 18 heavy (non-hydrogen) atoms. The van der Waals surface area contributed by atoms with Crippen molar-refractivity contribution in [3.05, 3.63) is 23.9 Å². The largest absolute Gasteiger partial charge is 0.354 e. The van der Waals surface area contributed by atoms with Crippen LogP contribution in [0.3, 0.4) is 0 Å². The first-order valence-electron chi connectivity index (χ1n) is 7.06. The van der Waals surface area contributed by atoms with Gasteiger partial charge in [0.15, 0.2) is 0 Å². The summed E-state index contributed by atoms with van der Waals surface area (Å²) in [6.07, 6.45) is 5.78. The molecule has 1 saturated carbocycles. The van der Waals surface area contributed by atoms with Crippen LogP contribution in [-0.4, -0.2) is 17.6 Å². The van der Waals surface area contributed by atoms with Crippen molar-refractivity contribution in [1.82, 2.24) is 4.98 Å². The van der Waals surface area contributed by atoms with E-state index < -0.39 is 0 Å². The molecule has 0 spiro atoms. The van der Waals surface area contributed by atoms with Gasteiger partial charge in [0.05, 0.1) is 0 Å². The number of hydrogen-bond donors (Lipinski definition) is 1. The third-order valence-electron chi connectivity index (χ3n) is 3.53. The maximum Gasteiger partial charge on any atom is 0.128 e. The number of nitrogens with two attached hydrogens (primary N) is 1. The van der Waals surface area contributed by atoms with Gasteiger partial charge in [0, 0.05) is 24.8 Å². The maximum atomic E-state index is 5.86. The topological polar surface area (TPSA) is 42.1 Å². The van der Waals surface area contributed by atoms with Gasteiger partial charge in [0.25, 0.3) is 0 Å². The van der Waals surface area contributed by atoms with Gasteiger partial charge in [-0.25, -0.2) is 4.98 Å². The molecular formula is C15H25N3. The minimum atomic E-state index is 0.0663. The SMILES string of the molecule is CC(C)CCN(c1ccc([C@H](C)N)cn1)C1CC1. The highest BCUT2D eigenvalue weighted by molar-refractivity contribution is 5.42. The number of pyridine rings is 1. The summed E-state index contributed by atoms with van der Waals surface area (Å²) in [5.41, 5.74) is 6.97. The molecule has 0 aliphatic heterocycles. The van der Waals surface area contributed by atoms with Crippen LogP contribution in [0.1, 0.15) is 51.6 Å². The first-order valence-corrected chi connectivity index (χ1v) is 7.06. The van der Waals surface area contributed by atoms with Gasteiger partial charge in [0.2, 0.25) is 0 Å². The van der Waals surface area contributed by atoms with Crippen LogP contribution >= 0.6 is 0 Å². The molecule has 1 fully saturated rings. The number of rotatable bonds is 6. The van der Waals surface area contributed by atoms with E-state index in [1.54, 1.807) is 0 Å². The van der Waals surface area contributed by atoms with Crippen molar-refractivity contribution in [3.63, 3.8) is 0 Å². The van der Waals surface area contributed by atoms with E-state index in [9.17, 15) is 0 Å². The second-order valence-electron chi connectivity index (χ2n) is 5.85. The lowest BCUT2D eigenvalue weighted by molar-refractivity contribution is 0.568. The van der Waals surface area contributed by atoms with E-state index in [1.807, 2.05) is 13.1 Å². The van der Waals surface area contributed by atoms with Gasteiger partial charge in [-0.3, -0.25) is 0 Å². The van der Waals surface area contributed by atoms with Gasteiger partial charge in [-0.2, -0.15) is 0 Å². The minimum Gasteiger partial charge on any atom is -0.354 e. The van der Waals surface area contributed by atoms with Crippen molar-refractivity contribution in [2.75, 3.05) is 11.4 Å². The highest BCUT2D eigenvalue weighted by Gasteiger charge is 2.29. The zero-order valence-corrected chi connectivity index (χ0v) is 11.8. The Balaban J connectivity index is 2.05. The van der Waals surface area contributed by atoms with Crippen LogP contribution < -0.4 is 10.6 Å². The fourth-order valence-corrected chi connectivity index (χ4v) is 2.10. The first kappa shape index (κ1) is 13.3. The molecule has 0 amide bonds. The molecule has 0 saturated heterocycles. The van der Waals surface area contributed by atoms with Crippen LogP contribution in [0.15, 0.2) is 18.3 Å². The molecule has 0 aromatic carbocycles. The molecule has 1 atom stereocenters. The first-order chi connectivity index (χ1) is 8.58. The molecule has 1 heterocycles. The Morgan fingerprint density at radius 1 is 1.33 bits per heavy atom. The normalized spacial score (nSPS) is 16.9. The van der Waals surface area contributed by atoms with Crippen LogP contribution in [0.2, 0.25) is 0 Å². The summed E-state index contributed by atoms with van der Waals surface area (Å²) in [5, 5.41) is 0. The highest BCUT2D eigenvalue weighted by atomic mass is 15.2. The van der Waals surface area contributed by atoms with E-state index >= 15 is 0 Å². The maximum absolute atomic E-state index is 5.86. The summed E-state index contributed by atoms with van der Waals surface area (Å²) in [6.45, 7) is 7.66. The van der Waals surface area contributed by atoms with Gasteiger partial charge in [-0.05, 0) is 43.7 Å². The van der Waals surface area contributed by atoms with E-state index in [1.165, 1.54) is 19.3 Å².